The highest BCUT2D eigenvalue weighted by Crippen LogP contribution is 2.14. The molecule has 1 fully saturated rings. The van der Waals surface area contributed by atoms with Crippen molar-refractivity contribution in [3.8, 4) is 0 Å². The zero-order chi connectivity index (χ0) is 22.9. The average Bonchev–Trinajstić information content (AvgIpc) is 3.14. The monoisotopic (exact) mass is 441 g/mol. The largest absolute Gasteiger partial charge is 0.384 e. The molecule has 9 heteroatoms. The summed E-state index contributed by atoms with van der Waals surface area (Å²) in [4.78, 5) is 19.0. The number of hydrogen-bond acceptors (Lipinski definition) is 5. The first kappa shape index (κ1) is 23.7. The number of aliphatic imine (C=N–C) groups is 1. The van der Waals surface area contributed by atoms with Crippen molar-refractivity contribution >= 4 is 11.9 Å². The van der Waals surface area contributed by atoms with E-state index < -0.39 is 0 Å². The van der Waals surface area contributed by atoms with Crippen LogP contribution in [-0.4, -0.2) is 64.4 Å². The average molecular weight is 442 g/mol. The topological polar surface area (TPSA) is 96.7 Å². The molecule has 0 radical (unpaired) electrons. The molecule has 3 rings (SSSR count). The van der Waals surface area contributed by atoms with Gasteiger partial charge >= 0.3 is 0 Å². The predicted octanol–water partition coefficient (Wildman–Crippen LogP) is 1.95. The van der Waals surface area contributed by atoms with Gasteiger partial charge in [-0.05, 0) is 32.3 Å². The second kappa shape index (κ2) is 11.6. The molecule has 1 aliphatic rings. The number of nitrogens with zero attached hydrogens (tertiary/aromatic N) is 5. The maximum absolute atomic E-state index is 12.3. The van der Waals surface area contributed by atoms with Gasteiger partial charge in [0.2, 0.25) is 5.91 Å². The van der Waals surface area contributed by atoms with Crippen LogP contribution in [0.15, 0.2) is 35.3 Å². The van der Waals surface area contributed by atoms with Gasteiger partial charge in [0, 0.05) is 33.3 Å². The van der Waals surface area contributed by atoms with E-state index in [4.69, 9.17) is 9.73 Å². The first-order valence-electron chi connectivity index (χ1n) is 11.2. The Bertz CT molecular complexity index is 889. The van der Waals surface area contributed by atoms with E-state index in [-0.39, 0.29) is 18.0 Å². The Morgan fingerprint density at radius 2 is 1.97 bits per heavy atom. The van der Waals surface area contributed by atoms with Gasteiger partial charge in [-0.25, -0.2) is 4.99 Å². The molecule has 1 saturated heterocycles. The lowest BCUT2D eigenvalue weighted by Crippen LogP contribution is -2.50. The van der Waals surface area contributed by atoms with Gasteiger partial charge in [-0.3, -0.25) is 4.79 Å². The van der Waals surface area contributed by atoms with Crippen LogP contribution in [0.25, 0.3) is 0 Å². The van der Waals surface area contributed by atoms with E-state index in [9.17, 15) is 4.79 Å². The SMILES string of the molecule is COCCC(=O)N1CCC(NC(=NCc2nnc(C)n2C)NC(C)c2ccccc2)CC1. The summed E-state index contributed by atoms with van der Waals surface area (Å²) in [5.41, 5.74) is 1.19. The fourth-order valence-electron chi connectivity index (χ4n) is 3.72. The molecular weight excluding hydrogens is 406 g/mol. The summed E-state index contributed by atoms with van der Waals surface area (Å²) in [5, 5.41) is 15.4. The number of rotatable bonds is 8. The molecule has 1 aliphatic heterocycles. The van der Waals surface area contributed by atoms with Crippen molar-refractivity contribution < 1.29 is 9.53 Å². The zero-order valence-electron chi connectivity index (χ0n) is 19.5. The number of nitrogens with one attached hydrogen (secondary N) is 2. The van der Waals surface area contributed by atoms with Crippen molar-refractivity contribution in [2.75, 3.05) is 26.8 Å². The minimum Gasteiger partial charge on any atom is -0.384 e. The van der Waals surface area contributed by atoms with Crippen molar-refractivity contribution in [2.45, 2.75) is 51.7 Å². The van der Waals surface area contributed by atoms with Crippen LogP contribution in [0.4, 0.5) is 0 Å². The van der Waals surface area contributed by atoms with Crippen LogP contribution in [0.5, 0.6) is 0 Å². The van der Waals surface area contributed by atoms with E-state index in [1.54, 1.807) is 7.11 Å². The summed E-state index contributed by atoms with van der Waals surface area (Å²) in [5.74, 6) is 2.58. The van der Waals surface area contributed by atoms with Gasteiger partial charge in [-0.1, -0.05) is 30.3 Å². The Labute approximate surface area is 190 Å². The van der Waals surface area contributed by atoms with Gasteiger partial charge < -0.3 is 24.8 Å². The Morgan fingerprint density at radius 3 is 2.59 bits per heavy atom. The van der Waals surface area contributed by atoms with Crippen LogP contribution >= 0.6 is 0 Å². The quantitative estimate of drug-likeness (QED) is 0.480. The van der Waals surface area contributed by atoms with Crippen molar-refractivity contribution in [3.05, 3.63) is 47.5 Å². The predicted molar refractivity (Wildman–Crippen MR) is 124 cm³/mol. The van der Waals surface area contributed by atoms with E-state index in [1.165, 1.54) is 5.56 Å². The number of likely N-dealkylation sites (tertiary alicyclic amines) is 1. The smallest absolute Gasteiger partial charge is 0.224 e. The Kier molecular flexibility index (Phi) is 8.61. The summed E-state index contributed by atoms with van der Waals surface area (Å²) >= 11 is 0. The molecule has 2 aromatic rings. The maximum atomic E-state index is 12.3. The summed E-state index contributed by atoms with van der Waals surface area (Å²) in [7, 11) is 3.57. The number of benzene rings is 1. The number of carbonyl (C=O) groups excluding carboxylic acids is 1. The number of carbonyl (C=O) groups is 1. The normalized spacial score (nSPS) is 16.1. The summed E-state index contributed by atoms with van der Waals surface area (Å²) in [6.07, 6.45) is 2.19. The third kappa shape index (κ3) is 6.53. The highest BCUT2D eigenvalue weighted by atomic mass is 16.5. The molecule has 0 saturated carbocycles. The van der Waals surface area contributed by atoms with E-state index in [0.717, 1.165) is 43.5 Å². The van der Waals surface area contributed by atoms with Gasteiger partial charge in [-0.15, -0.1) is 10.2 Å². The third-order valence-electron chi connectivity index (χ3n) is 5.92. The molecule has 174 valence electrons. The summed E-state index contributed by atoms with van der Waals surface area (Å²) in [6, 6.07) is 10.6. The molecule has 1 atom stereocenters. The van der Waals surface area contributed by atoms with Crippen molar-refractivity contribution in [1.82, 2.24) is 30.3 Å². The number of guanidine groups is 1. The second-order valence-electron chi connectivity index (χ2n) is 8.21. The van der Waals surface area contributed by atoms with E-state index in [0.29, 0.717) is 19.6 Å². The molecule has 1 unspecified atom stereocenters. The molecule has 1 amide bonds. The fraction of sp³-hybridized carbons (Fsp3) is 0.565. The number of amides is 1. The van der Waals surface area contributed by atoms with Gasteiger partial charge in [0.1, 0.15) is 12.4 Å². The lowest BCUT2D eigenvalue weighted by atomic mass is 10.0. The van der Waals surface area contributed by atoms with E-state index in [2.05, 4.69) is 39.9 Å². The molecule has 9 nitrogen and oxygen atoms in total. The number of ether oxygens (including phenoxy) is 1. The number of piperidine rings is 1. The first-order valence-corrected chi connectivity index (χ1v) is 11.2. The summed E-state index contributed by atoms with van der Waals surface area (Å²) in [6.45, 7) is 6.43. The van der Waals surface area contributed by atoms with Crippen LogP contribution in [0.2, 0.25) is 0 Å². The molecule has 0 aliphatic carbocycles. The van der Waals surface area contributed by atoms with E-state index >= 15 is 0 Å². The number of hydrogen-bond donors (Lipinski definition) is 2. The summed E-state index contributed by atoms with van der Waals surface area (Å²) < 4.78 is 6.98. The fourth-order valence-corrected chi connectivity index (χ4v) is 3.72. The highest BCUT2D eigenvalue weighted by molar-refractivity contribution is 5.80. The Balaban J connectivity index is 1.64. The van der Waals surface area contributed by atoms with Crippen molar-refractivity contribution in [3.63, 3.8) is 0 Å². The molecular formula is C23H35N7O2. The lowest BCUT2D eigenvalue weighted by molar-refractivity contribution is -0.133. The number of aromatic nitrogens is 3. The number of methoxy groups -OCH3 is 1. The van der Waals surface area contributed by atoms with Crippen molar-refractivity contribution in [2.24, 2.45) is 12.0 Å². The molecule has 0 bridgehead atoms. The van der Waals surface area contributed by atoms with Gasteiger partial charge in [0.25, 0.3) is 0 Å². The van der Waals surface area contributed by atoms with E-state index in [1.807, 2.05) is 41.6 Å². The minimum absolute atomic E-state index is 0.0967. The van der Waals surface area contributed by atoms with Gasteiger partial charge in [0.05, 0.1) is 19.1 Å². The van der Waals surface area contributed by atoms with Crippen LogP contribution in [0.1, 0.15) is 49.4 Å². The van der Waals surface area contributed by atoms with Crippen LogP contribution in [0, 0.1) is 6.92 Å². The minimum atomic E-state index is 0.0967. The van der Waals surface area contributed by atoms with Crippen LogP contribution in [-0.2, 0) is 23.1 Å². The maximum Gasteiger partial charge on any atom is 0.224 e. The molecule has 32 heavy (non-hydrogen) atoms. The van der Waals surface area contributed by atoms with Crippen LogP contribution in [0.3, 0.4) is 0 Å². The number of aryl methyl sites for hydroxylation is 1. The van der Waals surface area contributed by atoms with Gasteiger partial charge in [0.15, 0.2) is 11.8 Å². The van der Waals surface area contributed by atoms with Crippen LogP contribution < -0.4 is 10.6 Å². The first-order chi connectivity index (χ1) is 15.5. The molecule has 0 spiro atoms. The standard InChI is InChI=1S/C23H35N7O2/c1-17(19-8-6-5-7-9-19)25-23(24-16-21-28-27-18(2)29(21)3)26-20-10-13-30(14-11-20)22(31)12-15-32-4/h5-9,17,20H,10-16H2,1-4H3,(H2,24,25,26). The van der Waals surface area contributed by atoms with Gasteiger partial charge in [-0.2, -0.15) is 0 Å². The second-order valence-corrected chi connectivity index (χ2v) is 8.21. The molecule has 2 heterocycles. The van der Waals surface area contributed by atoms with Crippen molar-refractivity contribution in [1.29, 1.82) is 0 Å². The Hall–Kier alpha value is -2.94. The third-order valence-corrected chi connectivity index (χ3v) is 5.92. The highest BCUT2D eigenvalue weighted by Gasteiger charge is 2.23. The molecule has 1 aromatic heterocycles. The Morgan fingerprint density at radius 1 is 1.25 bits per heavy atom. The lowest BCUT2D eigenvalue weighted by Gasteiger charge is -2.33. The molecule has 1 aromatic carbocycles. The zero-order valence-corrected chi connectivity index (χ0v) is 19.5. The molecule has 2 N–H and O–H groups in total.